The van der Waals surface area contributed by atoms with Crippen molar-refractivity contribution in [2.45, 2.75) is 38.1 Å². The predicted octanol–water partition coefficient (Wildman–Crippen LogP) is 4.67. The van der Waals surface area contributed by atoms with E-state index in [0.29, 0.717) is 54.3 Å². The monoisotopic (exact) mass is 487 g/mol. The number of hydrogen-bond donors (Lipinski definition) is 1. The Morgan fingerprint density at radius 2 is 1.64 bits per heavy atom. The Hall–Kier alpha value is -2.08. The Morgan fingerprint density at radius 1 is 0.939 bits per heavy atom. The van der Waals surface area contributed by atoms with E-state index in [1.807, 2.05) is 23.1 Å². The van der Waals surface area contributed by atoms with Gasteiger partial charge in [-0.3, -0.25) is 14.5 Å². The topological polar surface area (TPSA) is 52.7 Å². The molecular weight excluding hydrogens is 457 g/mol. The Labute approximate surface area is 206 Å². The number of rotatable bonds is 7. The maximum Gasteiger partial charge on any atom is 0.253 e. The molecule has 2 aromatic rings. The Kier molecular flexibility index (Phi) is 8.29. The van der Waals surface area contributed by atoms with Crippen LogP contribution in [0.25, 0.3) is 0 Å². The first kappa shape index (κ1) is 24.1. The second-order valence-corrected chi connectivity index (χ2v) is 9.79. The molecule has 1 unspecified atom stereocenters. The van der Waals surface area contributed by atoms with Crippen LogP contribution in [0.15, 0.2) is 48.5 Å². The summed E-state index contributed by atoms with van der Waals surface area (Å²) < 4.78 is 0. The average molecular weight is 488 g/mol. The molecule has 0 spiro atoms. The highest BCUT2D eigenvalue weighted by Gasteiger charge is 2.37. The molecule has 0 bridgehead atoms. The van der Waals surface area contributed by atoms with Crippen LogP contribution in [0.1, 0.15) is 41.6 Å². The molecule has 2 amide bonds. The highest BCUT2D eigenvalue weighted by Crippen LogP contribution is 2.31. The van der Waals surface area contributed by atoms with Crippen molar-refractivity contribution >= 4 is 35.0 Å². The van der Waals surface area contributed by atoms with Crippen molar-refractivity contribution < 1.29 is 9.59 Å². The zero-order chi connectivity index (χ0) is 23.2. The molecule has 0 aromatic heterocycles. The number of piperazine rings is 1. The average Bonchev–Trinajstić information content (AvgIpc) is 3.36. The molecule has 4 rings (SSSR count). The minimum Gasteiger partial charge on any atom is -0.354 e. The lowest BCUT2D eigenvalue weighted by molar-refractivity contribution is -0.129. The van der Waals surface area contributed by atoms with E-state index in [4.69, 9.17) is 23.2 Å². The normalized spacial score (nSPS) is 18.3. The molecule has 2 aromatic carbocycles. The zero-order valence-corrected chi connectivity index (χ0v) is 20.3. The molecule has 1 aliphatic carbocycles. The lowest BCUT2D eigenvalue weighted by Gasteiger charge is -2.40. The van der Waals surface area contributed by atoms with Crippen LogP contribution >= 0.6 is 23.2 Å². The minimum atomic E-state index is -0.120. The van der Waals surface area contributed by atoms with Crippen LogP contribution in [0, 0.1) is 5.92 Å². The van der Waals surface area contributed by atoms with Gasteiger partial charge in [0, 0.05) is 38.3 Å². The van der Waals surface area contributed by atoms with Gasteiger partial charge in [0.25, 0.3) is 5.91 Å². The van der Waals surface area contributed by atoms with E-state index in [2.05, 4.69) is 22.3 Å². The van der Waals surface area contributed by atoms with Gasteiger partial charge in [0.05, 0.1) is 16.1 Å². The number of amides is 2. The van der Waals surface area contributed by atoms with Crippen molar-refractivity contribution in [3.63, 3.8) is 0 Å². The third-order valence-electron chi connectivity index (χ3n) is 6.83. The first-order chi connectivity index (χ1) is 16.0. The molecule has 7 heteroatoms. The van der Waals surface area contributed by atoms with Gasteiger partial charge in [-0.2, -0.15) is 0 Å². The fourth-order valence-corrected chi connectivity index (χ4v) is 5.34. The van der Waals surface area contributed by atoms with Crippen LogP contribution in [-0.2, 0) is 11.2 Å². The summed E-state index contributed by atoms with van der Waals surface area (Å²) in [5, 5.41) is 4.01. The van der Waals surface area contributed by atoms with E-state index in [-0.39, 0.29) is 17.9 Å². The van der Waals surface area contributed by atoms with E-state index in [1.165, 1.54) is 18.4 Å². The van der Waals surface area contributed by atoms with Gasteiger partial charge in [-0.25, -0.2) is 0 Å². The maximum atomic E-state index is 13.3. The summed E-state index contributed by atoms with van der Waals surface area (Å²) in [6, 6.07) is 15.1. The third kappa shape index (κ3) is 6.08. The Balaban J connectivity index is 1.35. The number of carbonyl (C=O) groups excluding carboxylic acids is 2. The summed E-state index contributed by atoms with van der Waals surface area (Å²) >= 11 is 12.1. The van der Waals surface area contributed by atoms with Crippen molar-refractivity contribution in [3.05, 3.63) is 69.7 Å². The van der Waals surface area contributed by atoms with Gasteiger partial charge in [0.2, 0.25) is 5.91 Å². The third-order valence-corrected chi connectivity index (χ3v) is 7.57. The number of carbonyl (C=O) groups is 2. The standard InChI is InChI=1S/C26H31Cl2N3O2/c27-22-11-10-21(18-23(22)28)26(33)31-16-14-30(15-17-31)24(20-8-4-5-9-20)25(32)29-13-12-19-6-2-1-3-7-19/h1-3,6-7,10-11,18,20,24H,4-5,8-9,12-17H2,(H,29,32). The summed E-state index contributed by atoms with van der Waals surface area (Å²) in [5.41, 5.74) is 1.77. The van der Waals surface area contributed by atoms with Crippen LogP contribution in [0.3, 0.4) is 0 Å². The van der Waals surface area contributed by atoms with Gasteiger partial charge < -0.3 is 10.2 Å². The first-order valence-corrected chi connectivity index (χ1v) is 12.6. The molecule has 1 saturated carbocycles. The van der Waals surface area contributed by atoms with Crippen molar-refractivity contribution in [3.8, 4) is 0 Å². The summed E-state index contributed by atoms with van der Waals surface area (Å²) in [7, 11) is 0. The molecule has 2 aliphatic rings. The van der Waals surface area contributed by atoms with Crippen LogP contribution in [0.4, 0.5) is 0 Å². The molecule has 1 saturated heterocycles. The largest absolute Gasteiger partial charge is 0.354 e. The molecule has 33 heavy (non-hydrogen) atoms. The molecule has 2 fully saturated rings. The van der Waals surface area contributed by atoms with E-state index in [9.17, 15) is 9.59 Å². The van der Waals surface area contributed by atoms with Crippen molar-refractivity contribution in [1.29, 1.82) is 0 Å². The van der Waals surface area contributed by atoms with Crippen LogP contribution in [-0.4, -0.2) is 60.4 Å². The smallest absolute Gasteiger partial charge is 0.253 e. The lowest BCUT2D eigenvalue weighted by Crippen LogP contribution is -2.58. The molecule has 176 valence electrons. The molecule has 1 atom stereocenters. The molecule has 1 heterocycles. The van der Waals surface area contributed by atoms with Crippen LogP contribution in [0.5, 0.6) is 0 Å². The first-order valence-electron chi connectivity index (χ1n) is 11.8. The van der Waals surface area contributed by atoms with Crippen LogP contribution < -0.4 is 5.32 Å². The second-order valence-electron chi connectivity index (χ2n) is 8.97. The highest BCUT2D eigenvalue weighted by molar-refractivity contribution is 6.42. The van der Waals surface area contributed by atoms with Gasteiger partial charge in [0.15, 0.2) is 0 Å². The van der Waals surface area contributed by atoms with Gasteiger partial charge in [-0.15, -0.1) is 0 Å². The summed E-state index contributed by atoms with van der Waals surface area (Å²) in [6.07, 6.45) is 5.40. The maximum absolute atomic E-state index is 13.3. The summed E-state index contributed by atoms with van der Waals surface area (Å²) in [5.74, 6) is 0.471. The summed E-state index contributed by atoms with van der Waals surface area (Å²) in [4.78, 5) is 30.3. The lowest BCUT2D eigenvalue weighted by atomic mass is 9.94. The minimum absolute atomic E-state index is 0.0436. The number of benzene rings is 2. The van der Waals surface area contributed by atoms with Crippen molar-refractivity contribution in [1.82, 2.24) is 15.1 Å². The van der Waals surface area contributed by atoms with E-state index in [1.54, 1.807) is 18.2 Å². The van der Waals surface area contributed by atoms with Gasteiger partial charge in [0.1, 0.15) is 0 Å². The van der Waals surface area contributed by atoms with Gasteiger partial charge in [-0.1, -0.05) is 66.4 Å². The SMILES string of the molecule is O=C(NCCc1ccccc1)C(C1CCCC1)N1CCN(C(=O)c2ccc(Cl)c(Cl)c2)CC1. The fourth-order valence-electron chi connectivity index (χ4n) is 5.05. The molecular formula is C26H31Cl2N3O2. The quantitative estimate of drug-likeness (QED) is 0.617. The number of hydrogen-bond acceptors (Lipinski definition) is 3. The van der Waals surface area contributed by atoms with Crippen molar-refractivity contribution in [2.75, 3.05) is 32.7 Å². The highest BCUT2D eigenvalue weighted by atomic mass is 35.5. The van der Waals surface area contributed by atoms with Gasteiger partial charge >= 0.3 is 0 Å². The van der Waals surface area contributed by atoms with Crippen LogP contribution in [0.2, 0.25) is 10.0 Å². The second kappa shape index (κ2) is 11.4. The molecule has 0 radical (unpaired) electrons. The predicted molar refractivity (Wildman–Crippen MR) is 133 cm³/mol. The Bertz CT molecular complexity index is 955. The van der Waals surface area contributed by atoms with E-state index < -0.39 is 0 Å². The number of nitrogens with one attached hydrogen (secondary N) is 1. The number of nitrogens with zero attached hydrogens (tertiary/aromatic N) is 2. The molecule has 1 N–H and O–H groups in total. The van der Waals surface area contributed by atoms with Gasteiger partial charge in [-0.05, 0) is 48.9 Å². The molecule has 1 aliphatic heterocycles. The Morgan fingerprint density at radius 3 is 2.30 bits per heavy atom. The number of halogens is 2. The molecule has 5 nitrogen and oxygen atoms in total. The summed E-state index contributed by atoms with van der Waals surface area (Å²) in [6.45, 7) is 3.22. The zero-order valence-electron chi connectivity index (χ0n) is 18.8. The fraction of sp³-hybridized carbons (Fsp3) is 0.462. The van der Waals surface area contributed by atoms with Crippen molar-refractivity contribution in [2.24, 2.45) is 5.92 Å². The van der Waals surface area contributed by atoms with E-state index in [0.717, 1.165) is 19.3 Å². The van der Waals surface area contributed by atoms with E-state index >= 15 is 0 Å².